The average molecular weight is 266 g/mol. The Bertz CT molecular complexity index is 461. The molecule has 0 bridgehead atoms. The lowest BCUT2D eigenvalue weighted by molar-refractivity contribution is 0.0640. The molecule has 106 valence electrons. The van der Waals surface area contributed by atoms with Gasteiger partial charge in [0.2, 0.25) is 0 Å². The van der Waals surface area contributed by atoms with Gasteiger partial charge in [-0.2, -0.15) is 5.10 Å². The summed E-state index contributed by atoms with van der Waals surface area (Å²) in [5, 5.41) is 13.4. The molecule has 0 aliphatic carbocycles. The summed E-state index contributed by atoms with van der Waals surface area (Å²) in [6.07, 6.45) is 1.70. The summed E-state index contributed by atoms with van der Waals surface area (Å²) < 4.78 is 1.67. The van der Waals surface area contributed by atoms with E-state index in [1.54, 1.807) is 4.68 Å². The number of aliphatic hydroxyl groups is 1. The Kier molecular flexibility index (Phi) is 4.09. The zero-order chi connectivity index (χ0) is 14.0. The molecule has 2 rings (SSSR count). The van der Waals surface area contributed by atoms with E-state index in [4.69, 9.17) is 10.8 Å². The smallest absolute Gasteiger partial charge is 0.274 e. The van der Waals surface area contributed by atoms with E-state index in [9.17, 15) is 4.79 Å². The largest absolute Gasteiger partial charge is 0.396 e. The molecular weight excluding hydrogens is 244 g/mol. The average Bonchev–Trinajstić information content (AvgIpc) is 2.73. The van der Waals surface area contributed by atoms with E-state index < -0.39 is 0 Å². The minimum absolute atomic E-state index is 0.0451. The zero-order valence-electron chi connectivity index (χ0n) is 11.6. The van der Waals surface area contributed by atoms with Crippen LogP contribution in [0.25, 0.3) is 0 Å². The fourth-order valence-electron chi connectivity index (χ4n) is 2.52. The number of aromatic nitrogens is 2. The fraction of sp³-hybridized carbons (Fsp3) is 0.692. The maximum atomic E-state index is 12.5. The number of aliphatic hydroxyl groups excluding tert-OH is 1. The van der Waals surface area contributed by atoms with Gasteiger partial charge in [0.1, 0.15) is 5.69 Å². The van der Waals surface area contributed by atoms with Gasteiger partial charge in [0.05, 0.1) is 11.4 Å². The Morgan fingerprint density at radius 3 is 2.63 bits per heavy atom. The van der Waals surface area contributed by atoms with Crippen LogP contribution in [0.1, 0.15) is 35.9 Å². The number of piperidine rings is 1. The van der Waals surface area contributed by atoms with Gasteiger partial charge in [0.25, 0.3) is 5.91 Å². The molecule has 1 fully saturated rings. The molecule has 2 heterocycles. The molecule has 3 N–H and O–H groups in total. The summed E-state index contributed by atoms with van der Waals surface area (Å²) in [6.45, 7) is 5.95. The lowest BCUT2D eigenvalue weighted by Crippen LogP contribution is -2.40. The first-order valence-corrected chi connectivity index (χ1v) is 6.81. The number of amides is 1. The van der Waals surface area contributed by atoms with Crippen LogP contribution in [0, 0.1) is 12.8 Å². The number of nitrogens with zero attached hydrogens (tertiary/aromatic N) is 3. The monoisotopic (exact) mass is 266 g/mol. The maximum Gasteiger partial charge on any atom is 0.274 e. The van der Waals surface area contributed by atoms with Crippen molar-refractivity contribution < 1.29 is 9.90 Å². The minimum Gasteiger partial charge on any atom is -0.396 e. The summed E-state index contributed by atoms with van der Waals surface area (Å²) in [6, 6.07) is 0. The van der Waals surface area contributed by atoms with Crippen molar-refractivity contribution in [2.45, 2.75) is 33.2 Å². The zero-order valence-corrected chi connectivity index (χ0v) is 11.6. The van der Waals surface area contributed by atoms with Crippen molar-refractivity contribution in [2.24, 2.45) is 5.92 Å². The van der Waals surface area contributed by atoms with E-state index in [-0.39, 0.29) is 12.5 Å². The Hall–Kier alpha value is -1.56. The summed E-state index contributed by atoms with van der Waals surface area (Å²) in [4.78, 5) is 14.3. The number of hydrogen-bond donors (Lipinski definition) is 2. The number of likely N-dealkylation sites (tertiary alicyclic amines) is 1. The molecular formula is C13H22N4O2. The standard InChI is InChI=1S/C13H22N4O2/c1-3-17-12(11(14)9(2)15-17)13(19)16-6-4-10(8-18)5-7-16/h10,18H,3-8,14H2,1-2H3. The molecule has 6 heteroatoms. The molecule has 0 radical (unpaired) electrons. The Labute approximate surface area is 113 Å². The topological polar surface area (TPSA) is 84.4 Å². The summed E-state index contributed by atoms with van der Waals surface area (Å²) in [7, 11) is 0. The molecule has 19 heavy (non-hydrogen) atoms. The third-order valence-corrected chi connectivity index (χ3v) is 3.84. The highest BCUT2D eigenvalue weighted by Gasteiger charge is 2.27. The third-order valence-electron chi connectivity index (χ3n) is 3.84. The fourth-order valence-corrected chi connectivity index (χ4v) is 2.52. The van der Waals surface area contributed by atoms with Gasteiger partial charge in [0.15, 0.2) is 0 Å². The van der Waals surface area contributed by atoms with Gasteiger partial charge in [-0.1, -0.05) is 0 Å². The number of aryl methyl sites for hydroxylation is 2. The third kappa shape index (κ3) is 2.58. The second-order valence-electron chi connectivity index (χ2n) is 5.08. The van der Waals surface area contributed by atoms with Gasteiger partial charge < -0.3 is 15.7 Å². The quantitative estimate of drug-likeness (QED) is 0.840. The van der Waals surface area contributed by atoms with E-state index in [0.717, 1.165) is 12.8 Å². The van der Waals surface area contributed by atoms with Crippen LogP contribution in [0.15, 0.2) is 0 Å². The van der Waals surface area contributed by atoms with Crippen LogP contribution >= 0.6 is 0 Å². The van der Waals surface area contributed by atoms with Crippen molar-refractivity contribution in [3.8, 4) is 0 Å². The molecule has 1 aliphatic rings. The number of anilines is 1. The van der Waals surface area contributed by atoms with Crippen LogP contribution in [0.4, 0.5) is 5.69 Å². The number of hydrogen-bond acceptors (Lipinski definition) is 4. The molecule has 1 amide bonds. The van der Waals surface area contributed by atoms with Crippen molar-refractivity contribution in [3.05, 3.63) is 11.4 Å². The van der Waals surface area contributed by atoms with E-state index in [1.165, 1.54) is 0 Å². The summed E-state index contributed by atoms with van der Waals surface area (Å²) >= 11 is 0. The molecule has 0 saturated carbocycles. The maximum absolute atomic E-state index is 12.5. The van der Waals surface area contributed by atoms with Gasteiger partial charge >= 0.3 is 0 Å². The predicted molar refractivity (Wildman–Crippen MR) is 72.8 cm³/mol. The molecule has 0 spiro atoms. The molecule has 6 nitrogen and oxygen atoms in total. The van der Waals surface area contributed by atoms with Crippen molar-refractivity contribution in [1.29, 1.82) is 0 Å². The minimum atomic E-state index is -0.0451. The highest BCUT2D eigenvalue weighted by Crippen LogP contribution is 2.22. The van der Waals surface area contributed by atoms with Gasteiger partial charge in [-0.15, -0.1) is 0 Å². The normalized spacial score (nSPS) is 16.9. The molecule has 0 atom stereocenters. The van der Waals surface area contributed by atoms with Crippen LogP contribution in [0.5, 0.6) is 0 Å². The first-order chi connectivity index (χ1) is 9.08. The van der Waals surface area contributed by atoms with Crippen molar-refractivity contribution in [1.82, 2.24) is 14.7 Å². The molecule has 1 saturated heterocycles. The highest BCUT2D eigenvalue weighted by atomic mass is 16.3. The van der Waals surface area contributed by atoms with Crippen LogP contribution in [-0.4, -0.2) is 45.4 Å². The van der Waals surface area contributed by atoms with Gasteiger partial charge in [-0.3, -0.25) is 9.48 Å². The molecule has 1 aliphatic heterocycles. The molecule has 1 aromatic heterocycles. The second kappa shape index (κ2) is 5.61. The predicted octanol–water partition coefficient (Wildman–Crippen LogP) is 0.638. The van der Waals surface area contributed by atoms with Crippen LogP contribution in [0.2, 0.25) is 0 Å². The number of carbonyl (C=O) groups excluding carboxylic acids is 1. The molecule has 1 aromatic rings. The SMILES string of the molecule is CCn1nc(C)c(N)c1C(=O)N1CCC(CO)CC1. The van der Waals surface area contributed by atoms with Gasteiger partial charge in [-0.05, 0) is 32.6 Å². The highest BCUT2D eigenvalue weighted by molar-refractivity contribution is 5.98. The lowest BCUT2D eigenvalue weighted by Gasteiger charge is -2.31. The van der Waals surface area contributed by atoms with Gasteiger partial charge in [-0.25, -0.2) is 0 Å². The molecule has 0 unspecified atom stereocenters. The second-order valence-corrected chi connectivity index (χ2v) is 5.08. The van der Waals surface area contributed by atoms with E-state index >= 15 is 0 Å². The van der Waals surface area contributed by atoms with E-state index in [2.05, 4.69) is 5.10 Å². The van der Waals surface area contributed by atoms with E-state index in [0.29, 0.717) is 42.6 Å². The number of rotatable bonds is 3. The van der Waals surface area contributed by atoms with E-state index in [1.807, 2.05) is 18.7 Å². The number of nitrogens with two attached hydrogens (primary N) is 1. The van der Waals surface area contributed by atoms with Crippen molar-refractivity contribution in [2.75, 3.05) is 25.4 Å². The van der Waals surface area contributed by atoms with Gasteiger partial charge in [0, 0.05) is 26.2 Å². The van der Waals surface area contributed by atoms with Crippen molar-refractivity contribution >= 4 is 11.6 Å². The van der Waals surface area contributed by atoms with Crippen LogP contribution in [0.3, 0.4) is 0 Å². The van der Waals surface area contributed by atoms with Crippen LogP contribution in [-0.2, 0) is 6.54 Å². The first-order valence-electron chi connectivity index (χ1n) is 6.81. The Morgan fingerprint density at radius 2 is 2.11 bits per heavy atom. The Morgan fingerprint density at radius 1 is 1.47 bits per heavy atom. The Balaban J connectivity index is 2.16. The number of nitrogen functional groups attached to an aromatic ring is 1. The van der Waals surface area contributed by atoms with Crippen LogP contribution < -0.4 is 5.73 Å². The number of carbonyl (C=O) groups is 1. The molecule has 0 aromatic carbocycles. The lowest BCUT2D eigenvalue weighted by atomic mass is 9.97. The summed E-state index contributed by atoms with van der Waals surface area (Å²) in [5.41, 5.74) is 7.66. The first kappa shape index (κ1) is 13.9. The van der Waals surface area contributed by atoms with Crippen molar-refractivity contribution in [3.63, 3.8) is 0 Å². The summed E-state index contributed by atoms with van der Waals surface area (Å²) in [5.74, 6) is 0.274.